The maximum Gasteiger partial charge on any atom is 0.418 e. The molecule has 0 aliphatic carbocycles. The van der Waals surface area contributed by atoms with Crippen molar-refractivity contribution in [2.24, 2.45) is 5.16 Å². The molecule has 0 bridgehead atoms. The number of hydrogen-bond donors (Lipinski definition) is 0. The maximum absolute atomic E-state index is 12.7. The summed E-state index contributed by atoms with van der Waals surface area (Å²) in [7, 11) is 0. The van der Waals surface area contributed by atoms with E-state index < -0.39 is 17.4 Å². The largest absolute Gasteiger partial charge is 0.436 e. The summed E-state index contributed by atoms with van der Waals surface area (Å²) in [6.45, 7) is 3.91. The molecule has 1 amide bonds. The normalized spacial score (nSPS) is 28.0. The first-order chi connectivity index (χ1) is 12.1. The van der Waals surface area contributed by atoms with Gasteiger partial charge in [-0.3, -0.25) is 0 Å². The Bertz CT molecular complexity index is 821. The van der Waals surface area contributed by atoms with Crippen LogP contribution in [0.4, 0.5) is 10.5 Å². The minimum atomic E-state index is -0.981. The summed E-state index contributed by atoms with van der Waals surface area (Å²) >= 11 is 0. The fraction of sp³-hybridized carbons (Fsp3) is 0.300. The Kier molecular flexibility index (Phi) is 3.53. The summed E-state index contributed by atoms with van der Waals surface area (Å²) in [6.07, 6.45) is 0.696. The second-order valence-electron chi connectivity index (χ2n) is 6.58. The van der Waals surface area contributed by atoms with Gasteiger partial charge in [0.2, 0.25) is 0 Å². The van der Waals surface area contributed by atoms with Gasteiger partial charge in [0.15, 0.2) is 5.60 Å². The van der Waals surface area contributed by atoms with Crippen molar-refractivity contribution >= 4 is 17.5 Å². The van der Waals surface area contributed by atoms with Crippen LogP contribution in [-0.2, 0) is 9.57 Å². The van der Waals surface area contributed by atoms with Crippen molar-refractivity contribution in [3.63, 3.8) is 0 Å². The summed E-state index contributed by atoms with van der Waals surface area (Å²) in [5, 5.41) is 4.34. The number of oxime groups is 1. The molecule has 5 nitrogen and oxygen atoms in total. The Morgan fingerprint density at radius 2 is 1.72 bits per heavy atom. The molecular weight excluding hydrogens is 316 g/mol. The number of nitrogens with zero attached hydrogens (tertiary/aromatic N) is 2. The first-order valence-electron chi connectivity index (χ1n) is 8.48. The lowest BCUT2D eigenvalue weighted by molar-refractivity contribution is -0.122. The molecule has 2 unspecified atom stereocenters. The van der Waals surface area contributed by atoms with Crippen LogP contribution in [0.5, 0.6) is 0 Å². The molecule has 0 N–H and O–H groups in total. The van der Waals surface area contributed by atoms with E-state index >= 15 is 0 Å². The van der Waals surface area contributed by atoms with Crippen molar-refractivity contribution in [2.45, 2.75) is 38.0 Å². The van der Waals surface area contributed by atoms with Gasteiger partial charge in [-0.15, -0.1) is 0 Å². The molecule has 0 radical (unpaired) electrons. The standard InChI is InChI=1S/C20H20N2O3/c1-3-19(2)20(14-17(21-25-20)15-10-6-4-7-11-15)22(18(23)24-19)16-12-8-5-9-13-16/h4-13H,3,14H2,1-2H3. The molecule has 2 atom stereocenters. The lowest BCUT2D eigenvalue weighted by atomic mass is 9.84. The zero-order valence-corrected chi connectivity index (χ0v) is 14.3. The fourth-order valence-electron chi connectivity index (χ4n) is 3.55. The molecule has 2 heterocycles. The monoisotopic (exact) mass is 336 g/mol. The first-order valence-corrected chi connectivity index (χ1v) is 8.48. The van der Waals surface area contributed by atoms with Gasteiger partial charge < -0.3 is 9.57 Å². The molecule has 0 saturated carbocycles. The fourth-order valence-corrected chi connectivity index (χ4v) is 3.55. The molecule has 128 valence electrons. The molecule has 1 saturated heterocycles. The highest BCUT2D eigenvalue weighted by molar-refractivity contribution is 6.04. The Balaban J connectivity index is 1.78. The second kappa shape index (κ2) is 5.62. The highest BCUT2D eigenvalue weighted by atomic mass is 16.7. The molecule has 1 fully saturated rings. The van der Waals surface area contributed by atoms with Gasteiger partial charge in [-0.1, -0.05) is 60.6 Å². The highest BCUT2D eigenvalue weighted by Crippen LogP contribution is 2.50. The number of benzene rings is 2. The predicted octanol–water partition coefficient (Wildman–Crippen LogP) is 4.33. The van der Waals surface area contributed by atoms with Crippen molar-refractivity contribution < 1.29 is 14.4 Å². The van der Waals surface area contributed by atoms with E-state index in [0.717, 1.165) is 17.0 Å². The van der Waals surface area contributed by atoms with Crippen molar-refractivity contribution in [2.75, 3.05) is 4.90 Å². The Labute approximate surface area is 146 Å². The van der Waals surface area contributed by atoms with Crippen molar-refractivity contribution in [1.29, 1.82) is 0 Å². The van der Waals surface area contributed by atoms with Gasteiger partial charge in [-0.25, -0.2) is 9.69 Å². The van der Waals surface area contributed by atoms with Crippen molar-refractivity contribution in [3.8, 4) is 0 Å². The van der Waals surface area contributed by atoms with Crippen LogP contribution in [0.15, 0.2) is 65.8 Å². The number of carbonyl (C=O) groups excluding carboxylic acids is 1. The van der Waals surface area contributed by atoms with E-state index in [1.807, 2.05) is 74.5 Å². The number of rotatable bonds is 3. The van der Waals surface area contributed by atoms with Crippen molar-refractivity contribution in [1.82, 2.24) is 0 Å². The second-order valence-corrected chi connectivity index (χ2v) is 6.58. The number of carbonyl (C=O) groups is 1. The van der Waals surface area contributed by atoms with Crippen LogP contribution in [0.2, 0.25) is 0 Å². The molecule has 4 rings (SSSR count). The molecule has 2 aliphatic rings. The lowest BCUT2D eigenvalue weighted by Crippen LogP contribution is -2.57. The summed E-state index contributed by atoms with van der Waals surface area (Å²) in [4.78, 5) is 20.3. The molecule has 2 aliphatic heterocycles. The van der Waals surface area contributed by atoms with Crippen LogP contribution >= 0.6 is 0 Å². The Morgan fingerprint density at radius 3 is 2.36 bits per heavy atom. The number of amides is 1. The van der Waals surface area contributed by atoms with E-state index in [4.69, 9.17) is 9.57 Å². The lowest BCUT2D eigenvalue weighted by Gasteiger charge is -2.38. The Morgan fingerprint density at radius 1 is 1.08 bits per heavy atom. The summed E-state index contributed by atoms with van der Waals surface area (Å²) < 4.78 is 5.78. The minimum Gasteiger partial charge on any atom is -0.436 e. The average Bonchev–Trinajstić information content (AvgIpc) is 3.18. The zero-order valence-electron chi connectivity index (χ0n) is 14.3. The van der Waals surface area contributed by atoms with E-state index in [2.05, 4.69) is 5.16 Å². The topological polar surface area (TPSA) is 51.1 Å². The average molecular weight is 336 g/mol. The minimum absolute atomic E-state index is 0.403. The quantitative estimate of drug-likeness (QED) is 0.838. The van der Waals surface area contributed by atoms with Gasteiger partial charge in [0.05, 0.1) is 17.8 Å². The number of hydrogen-bond acceptors (Lipinski definition) is 4. The van der Waals surface area contributed by atoms with Crippen LogP contribution in [0.25, 0.3) is 0 Å². The molecule has 0 aromatic heterocycles. The van der Waals surface area contributed by atoms with E-state index in [-0.39, 0.29) is 0 Å². The zero-order chi connectivity index (χ0) is 17.5. The van der Waals surface area contributed by atoms with Crippen LogP contribution in [-0.4, -0.2) is 23.1 Å². The number of cyclic esters (lactones) is 1. The van der Waals surface area contributed by atoms with Gasteiger partial charge in [0.1, 0.15) is 0 Å². The maximum atomic E-state index is 12.7. The van der Waals surface area contributed by atoms with Gasteiger partial charge in [0.25, 0.3) is 5.72 Å². The van der Waals surface area contributed by atoms with Gasteiger partial charge >= 0.3 is 6.09 Å². The molecule has 1 spiro atoms. The van der Waals surface area contributed by atoms with Gasteiger partial charge in [0, 0.05) is 0 Å². The van der Waals surface area contributed by atoms with Crippen molar-refractivity contribution in [3.05, 3.63) is 66.2 Å². The summed E-state index contributed by atoms with van der Waals surface area (Å²) in [6, 6.07) is 19.4. The SMILES string of the molecule is CCC1(C)OC(=O)N(c2ccccc2)C12CC(c1ccccc1)=NO2. The number of anilines is 1. The molecular formula is C20H20N2O3. The smallest absolute Gasteiger partial charge is 0.418 e. The third-order valence-corrected chi connectivity index (χ3v) is 5.19. The van der Waals surface area contributed by atoms with Gasteiger partial charge in [-0.05, 0) is 31.0 Å². The van der Waals surface area contributed by atoms with E-state index in [1.165, 1.54) is 0 Å². The predicted molar refractivity (Wildman–Crippen MR) is 95.5 cm³/mol. The Hall–Kier alpha value is -2.82. The van der Waals surface area contributed by atoms with Crippen LogP contribution < -0.4 is 4.90 Å². The van der Waals surface area contributed by atoms with Gasteiger partial charge in [-0.2, -0.15) is 0 Å². The summed E-state index contributed by atoms with van der Waals surface area (Å²) in [5.41, 5.74) is 0.782. The highest BCUT2D eigenvalue weighted by Gasteiger charge is 2.67. The first kappa shape index (κ1) is 15.7. The van der Waals surface area contributed by atoms with E-state index in [1.54, 1.807) is 4.90 Å². The molecule has 5 heteroatoms. The summed E-state index contributed by atoms with van der Waals surface area (Å²) in [5.74, 6) is 0. The number of para-hydroxylation sites is 1. The molecule has 2 aromatic carbocycles. The van der Waals surface area contributed by atoms with E-state index in [0.29, 0.717) is 12.8 Å². The third-order valence-electron chi connectivity index (χ3n) is 5.19. The third kappa shape index (κ3) is 2.22. The van der Waals surface area contributed by atoms with Crippen LogP contribution in [0, 0.1) is 0 Å². The van der Waals surface area contributed by atoms with Crippen LogP contribution in [0.1, 0.15) is 32.3 Å². The number of ether oxygens (including phenoxy) is 1. The molecule has 2 aromatic rings. The van der Waals surface area contributed by atoms with E-state index in [9.17, 15) is 4.79 Å². The van der Waals surface area contributed by atoms with Crippen LogP contribution in [0.3, 0.4) is 0 Å². The molecule has 25 heavy (non-hydrogen) atoms.